The van der Waals surface area contributed by atoms with E-state index in [0.717, 1.165) is 43.7 Å². The second-order valence-corrected chi connectivity index (χ2v) is 7.82. The van der Waals surface area contributed by atoms with Gasteiger partial charge in [0, 0.05) is 18.0 Å². The Labute approximate surface area is 132 Å². The number of nitrogens with one attached hydrogen (secondary N) is 1. The molecule has 1 N–H and O–H groups in total. The normalized spacial score (nSPS) is 26.8. The number of rotatable bonds is 6. The fraction of sp³-hybridized carbons (Fsp3) is 0.765. The Morgan fingerprint density at radius 3 is 2.77 bits per heavy atom. The monoisotopic (exact) mass is 305 g/mol. The highest BCUT2D eigenvalue weighted by Gasteiger charge is 2.49. The first kappa shape index (κ1) is 15.5. The zero-order valence-electron chi connectivity index (χ0n) is 14.1. The molecule has 2 saturated carbocycles. The Hall–Kier alpha value is -1.36. The van der Waals surface area contributed by atoms with Gasteiger partial charge >= 0.3 is 0 Å². The highest BCUT2D eigenvalue weighted by Crippen LogP contribution is 2.48. The van der Waals surface area contributed by atoms with Gasteiger partial charge in [0.15, 0.2) is 5.76 Å². The van der Waals surface area contributed by atoms with Crippen LogP contribution < -0.4 is 5.32 Å². The molecule has 1 heterocycles. The Morgan fingerprint density at radius 1 is 1.45 bits per heavy atom. The summed E-state index contributed by atoms with van der Waals surface area (Å²) in [5.74, 6) is 2.01. The van der Waals surface area contributed by atoms with Crippen molar-refractivity contribution in [2.45, 2.75) is 52.1 Å². The van der Waals surface area contributed by atoms with Crippen molar-refractivity contribution in [2.24, 2.45) is 17.3 Å². The van der Waals surface area contributed by atoms with Gasteiger partial charge in [-0.1, -0.05) is 19.0 Å². The van der Waals surface area contributed by atoms with Crippen LogP contribution in [0, 0.1) is 17.3 Å². The van der Waals surface area contributed by atoms with Crippen molar-refractivity contribution in [3.63, 3.8) is 0 Å². The Balaban J connectivity index is 1.53. The number of aromatic nitrogens is 1. The van der Waals surface area contributed by atoms with Gasteiger partial charge in [0.2, 0.25) is 5.91 Å². The summed E-state index contributed by atoms with van der Waals surface area (Å²) < 4.78 is 5.38. The lowest BCUT2D eigenvalue weighted by atomic mass is 9.57. The summed E-state index contributed by atoms with van der Waals surface area (Å²) in [7, 11) is 4.04. The first-order chi connectivity index (χ1) is 10.4. The molecule has 0 bridgehead atoms. The molecule has 1 aromatic heterocycles. The van der Waals surface area contributed by atoms with Crippen LogP contribution in [-0.4, -0.2) is 36.1 Å². The minimum absolute atomic E-state index is 0.130. The summed E-state index contributed by atoms with van der Waals surface area (Å²) in [4.78, 5) is 14.0. The van der Waals surface area contributed by atoms with Crippen LogP contribution in [0.5, 0.6) is 0 Å². The van der Waals surface area contributed by atoms with E-state index in [-0.39, 0.29) is 11.3 Å². The van der Waals surface area contributed by atoms with Gasteiger partial charge in [-0.15, -0.1) is 0 Å². The summed E-state index contributed by atoms with van der Waals surface area (Å²) in [5, 5.41) is 7.42. The zero-order valence-corrected chi connectivity index (χ0v) is 14.1. The quantitative estimate of drug-likeness (QED) is 0.875. The SMILES string of the molecule is CN(C)Cc1cc(C[C@@H]2C[C@H](NC(=O)C3CC3)C2(C)C)no1. The molecule has 5 heteroatoms. The van der Waals surface area contributed by atoms with Gasteiger partial charge in [-0.25, -0.2) is 0 Å². The number of carbonyl (C=O) groups excluding carboxylic acids is 1. The maximum atomic E-state index is 11.9. The lowest BCUT2D eigenvalue weighted by Crippen LogP contribution is -2.59. The zero-order chi connectivity index (χ0) is 15.9. The van der Waals surface area contributed by atoms with Gasteiger partial charge in [-0.2, -0.15) is 0 Å². The number of amides is 1. The van der Waals surface area contributed by atoms with E-state index in [0.29, 0.717) is 17.9 Å². The average molecular weight is 305 g/mol. The second-order valence-electron chi connectivity index (χ2n) is 7.82. The molecule has 3 rings (SSSR count). The van der Waals surface area contributed by atoms with Crippen LogP contribution in [0.1, 0.15) is 44.6 Å². The van der Waals surface area contributed by atoms with E-state index < -0.39 is 0 Å². The first-order valence-electron chi connectivity index (χ1n) is 8.26. The molecule has 2 atom stereocenters. The van der Waals surface area contributed by atoms with Crippen molar-refractivity contribution < 1.29 is 9.32 Å². The van der Waals surface area contributed by atoms with E-state index in [1.165, 1.54) is 0 Å². The van der Waals surface area contributed by atoms with Crippen LogP contribution in [0.25, 0.3) is 0 Å². The topological polar surface area (TPSA) is 58.4 Å². The molecule has 2 fully saturated rings. The van der Waals surface area contributed by atoms with Crippen molar-refractivity contribution in [3.8, 4) is 0 Å². The molecule has 5 nitrogen and oxygen atoms in total. The van der Waals surface area contributed by atoms with Crippen LogP contribution in [-0.2, 0) is 17.8 Å². The van der Waals surface area contributed by atoms with Crippen LogP contribution in [0.2, 0.25) is 0 Å². The van der Waals surface area contributed by atoms with Crippen molar-refractivity contribution in [1.29, 1.82) is 0 Å². The summed E-state index contributed by atoms with van der Waals surface area (Å²) in [5.41, 5.74) is 1.16. The maximum Gasteiger partial charge on any atom is 0.223 e. The second kappa shape index (κ2) is 5.69. The van der Waals surface area contributed by atoms with E-state index in [9.17, 15) is 4.79 Å². The molecule has 1 amide bonds. The number of nitrogens with zero attached hydrogens (tertiary/aromatic N) is 2. The molecular formula is C17H27N3O2. The van der Waals surface area contributed by atoms with E-state index in [1.54, 1.807) is 0 Å². The van der Waals surface area contributed by atoms with Gasteiger partial charge in [-0.3, -0.25) is 4.79 Å². The molecule has 22 heavy (non-hydrogen) atoms. The number of hydrogen-bond donors (Lipinski definition) is 1. The molecule has 0 unspecified atom stereocenters. The molecule has 0 aliphatic heterocycles. The maximum absolute atomic E-state index is 11.9. The first-order valence-corrected chi connectivity index (χ1v) is 8.26. The van der Waals surface area contributed by atoms with Crippen molar-refractivity contribution in [3.05, 3.63) is 17.5 Å². The van der Waals surface area contributed by atoms with Gasteiger partial charge in [0.25, 0.3) is 0 Å². The number of hydrogen-bond acceptors (Lipinski definition) is 4. The van der Waals surface area contributed by atoms with Gasteiger partial charge in [0.1, 0.15) is 0 Å². The summed E-state index contributed by atoms with van der Waals surface area (Å²) in [6.07, 6.45) is 4.10. The lowest BCUT2D eigenvalue weighted by Gasteiger charge is -2.52. The smallest absolute Gasteiger partial charge is 0.223 e. The molecule has 2 aliphatic carbocycles. The molecule has 0 saturated heterocycles. The fourth-order valence-corrected chi connectivity index (χ4v) is 3.33. The van der Waals surface area contributed by atoms with Crippen LogP contribution in [0.4, 0.5) is 0 Å². The number of carbonyl (C=O) groups is 1. The van der Waals surface area contributed by atoms with Gasteiger partial charge in [-0.05, 0) is 51.1 Å². The summed E-state index contributed by atoms with van der Waals surface area (Å²) in [6.45, 7) is 5.28. The fourth-order valence-electron chi connectivity index (χ4n) is 3.33. The predicted molar refractivity (Wildman–Crippen MR) is 84.1 cm³/mol. The standard InChI is InChI=1S/C17H27N3O2/c1-17(2)12(8-15(17)18-16(21)11-5-6-11)7-13-9-14(22-19-13)10-20(3)4/h9,11-12,15H,5-8,10H2,1-4H3,(H,18,21)/t12-,15+/m1/s1. The molecule has 0 spiro atoms. The predicted octanol–water partition coefficient (Wildman–Crippen LogP) is 2.22. The third-order valence-corrected chi connectivity index (χ3v) is 5.27. The summed E-state index contributed by atoms with van der Waals surface area (Å²) in [6, 6.07) is 2.37. The highest BCUT2D eigenvalue weighted by atomic mass is 16.5. The van der Waals surface area contributed by atoms with Gasteiger partial charge in [0.05, 0.1) is 12.2 Å². The average Bonchev–Trinajstić information content (AvgIpc) is 3.19. The molecule has 1 aromatic rings. The lowest BCUT2D eigenvalue weighted by molar-refractivity contribution is -0.126. The Morgan fingerprint density at radius 2 is 2.18 bits per heavy atom. The van der Waals surface area contributed by atoms with E-state index in [4.69, 9.17) is 4.52 Å². The Bertz CT molecular complexity index is 546. The van der Waals surface area contributed by atoms with Crippen LogP contribution >= 0.6 is 0 Å². The third kappa shape index (κ3) is 3.19. The molecule has 2 aliphatic rings. The van der Waals surface area contributed by atoms with Crippen LogP contribution in [0.15, 0.2) is 10.6 Å². The molecule has 0 aromatic carbocycles. The van der Waals surface area contributed by atoms with Gasteiger partial charge < -0.3 is 14.7 Å². The van der Waals surface area contributed by atoms with E-state index in [1.807, 2.05) is 14.1 Å². The molecular weight excluding hydrogens is 278 g/mol. The minimum atomic E-state index is 0.130. The molecule has 122 valence electrons. The van der Waals surface area contributed by atoms with Crippen molar-refractivity contribution >= 4 is 5.91 Å². The molecule has 0 radical (unpaired) electrons. The summed E-state index contributed by atoms with van der Waals surface area (Å²) >= 11 is 0. The van der Waals surface area contributed by atoms with Crippen molar-refractivity contribution in [2.75, 3.05) is 14.1 Å². The van der Waals surface area contributed by atoms with E-state index >= 15 is 0 Å². The Kier molecular flexibility index (Phi) is 4.02. The van der Waals surface area contributed by atoms with E-state index in [2.05, 4.69) is 35.3 Å². The van der Waals surface area contributed by atoms with Crippen LogP contribution in [0.3, 0.4) is 0 Å². The minimum Gasteiger partial charge on any atom is -0.360 e. The largest absolute Gasteiger partial charge is 0.360 e. The highest BCUT2D eigenvalue weighted by molar-refractivity contribution is 5.81. The third-order valence-electron chi connectivity index (χ3n) is 5.27. The van der Waals surface area contributed by atoms with Crippen molar-refractivity contribution in [1.82, 2.24) is 15.4 Å².